The van der Waals surface area contributed by atoms with Crippen molar-refractivity contribution in [3.63, 3.8) is 0 Å². The van der Waals surface area contributed by atoms with Crippen LogP contribution < -0.4 is 9.64 Å². The smallest absolute Gasteiger partial charge is 0.409 e. The lowest BCUT2D eigenvalue weighted by atomic mass is 10.1. The fraction of sp³-hybridized carbons (Fsp3) is 0.462. The molecule has 1 amide bonds. The molecular weight excluding hydrogens is 231 g/mol. The highest BCUT2D eigenvalue weighted by atomic mass is 16.5. The molecule has 1 fully saturated rings. The first-order valence-electron chi connectivity index (χ1n) is 5.97. The molecule has 2 rings (SSSR count). The number of carbonyl (C=O) groups excluding carboxylic acids is 1. The third kappa shape index (κ3) is 2.50. The first kappa shape index (κ1) is 12.5. The minimum absolute atomic E-state index is 0.255. The lowest BCUT2D eigenvalue weighted by Gasteiger charge is -2.35. The highest BCUT2D eigenvalue weighted by molar-refractivity contribution is 5.68. The van der Waals surface area contributed by atoms with E-state index >= 15 is 0 Å². The molecule has 5 nitrogen and oxygen atoms in total. The van der Waals surface area contributed by atoms with Crippen molar-refractivity contribution in [2.75, 3.05) is 45.3 Å². The van der Waals surface area contributed by atoms with Crippen LogP contribution in [-0.2, 0) is 4.74 Å². The van der Waals surface area contributed by atoms with Crippen LogP contribution in [0.15, 0.2) is 24.3 Å². The fourth-order valence-electron chi connectivity index (χ4n) is 2.15. The van der Waals surface area contributed by atoms with Crippen LogP contribution in [0, 0.1) is 0 Å². The van der Waals surface area contributed by atoms with Gasteiger partial charge in [-0.1, -0.05) is 12.1 Å². The Hall–Kier alpha value is -1.91. The minimum Gasteiger partial charge on any atom is -0.495 e. The predicted octanol–water partition coefficient (Wildman–Crippen LogP) is 1.58. The van der Waals surface area contributed by atoms with Gasteiger partial charge in [0.05, 0.1) is 19.9 Å². The van der Waals surface area contributed by atoms with Gasteiger partial charge in [0.1, 0.15) is 5.75 Å². The topological polar surface area (TPSA) is 42.0 Å². The molecule has 5 heteroatoms. The van der Waals surface area contributed by atoms with Crippen molar-refractivity contribution < 1.29 is 14.3 Å². The molecule has 0 saturated carbocycles. The van der Waals surface area contributed by atoms with Crippen LogP contribution in [0.5, 0.6) is 5.75 Å². The Kier molecular flexibility index (Phi) is 3.92. The molecule has 0 bridgehead atoms. The van der Waals surface area contributed by atoms with Crippen LogP contribution in [0.3, 0.4) is 0 Å². The number of rotatable bonds is 2. The summed E-state index contributed by atoms with van der Waals surface area (Å²) in [5, 5.41) is 0. The van der Waals surface area contributed by atoms with E-state index in [-0.39, 0.29) is 6.09 Å². The van der Waals surface area contributed by atoms with Crippen LogP contribution in [0.2, 0.25) is 0 Å². The maximum Gasteiger partial charge on any atom is 0.409 e. The Morgan fingerprint density at radius 2 is 1.78 bits per heavy atom. The lowest BCUT2D eigenvalue weighted by Crippen LogP contribution is -2.48. The molecule has 0 radical (unpaired) electrons. The van der Waals surface area contributed by atoms with Crippen LogP contribution in [0.4, 0.5) is 10.5 Å². The lowest BCUT2D eigenvalue weighted by molar-refractivity contribution is 0.121. The number of amides is 1. The van der Waals surface area contributed by atoms with E-state index < -0.39 is 0 Å². The summed E-state index contributed by atoms with van der Waals surface area (Å²) in [6, 6.07) is 7.92. The molecule has 1 aromatic carbocycles. The van der Waals surface area contributed by atoms with Crippen molar-refractivity contribution in [3.8, 4) is 5.75 Å². The third-order valence-corrected chi connectivity index (χ3v) is 3.14. The zero-order valence-corrected chi connectivity index (χ0v) is 10.8. The molecule has 0 aliphatic carbocycles. The number of anilines is 1. The second-order valence-corrected chi connectivity index (χ2v) is 4.12. The Bertz CT molecular complexity index is 414. The van der Waals surface area contributed by atoms with Gasteiger partial charge in [-0.15, -0.1) is 0 Å². The predicted molar refractivity (Wildman–Crippen MR) is 69.2 cm³/mol. The number of ether oxygens (including phenoxy) is 2. The Morgan fingerprint density at radius 1 is 1.11 bits per heavy atom. The number of carbonyl (C=O) groups is 1. The SMILES string of the molecule is COc1ccccc1N1CCN([11C](=O)OC)CC1. The van der Waals surface area contributed by atoms with Gasteiger partial charge >= 0.3 is 6.09 Å². The second-order valence-electron chi connectivity index (χ2n) is 4.12. The van der Waals surface area contributed by atoms with Gasteiger partial charge in [0.2, 0.25) is 0 Å². The molecule has 0 spiro atoms. The fourth-order valence-corrected chi connectivity index (χ4v) is 2.15. The van der Waals surface area contributed by atoms with Gasteiger partial charge in [0.15, 0.2) is 0 Å². The van der Waals surface area contributed by atoms with Gasteiger partial charge in [-0.25, -0.2) is 4.79 Å². The summed E-state index contributed by atoms with van der Waals surface area (Å²) >= 11 is 0. The van der Waals surface area contributed by atoms with E-state index in [0.717, 1.165) is 24.5 Å². The number of para-hydroxylation sites is 2. The van der Waals surface area contributed by atoms with Crippen LogP contribution in [-0.4, -0.2) is 51.4 Å². The summed E-state index contributed by atoms with van der Waals surface area (Å²) in [7, 11) is 3.08. The molecule has 0 N–H and O–H groups in total. The van der Waals surface area contributed by atoms with Gasteiger partial charge in [0, 0.05) is 26.2 Å². The average molecular weight is 249 g/mol. The normalized spacial score (nSPS) is 15.4. The molecule has 1 saturated heterocycles. The first-order valence-corrected chi connectivity index (χ1v) is 5.97. The van der Waals surface area contributed by atoms with Gasteiger partial charge < -0.3 is 19.3 Å². The van der Waals surface area contributed by atoms with Crippen molar-refractivity contribution in [3.05, 3.63) is 24.3 Å². The summed E-state index contributed by atoms with van der Waals surface area (Å²) in [4.78, 5) is 15.3. The number of methoxy groups -OCH3 is 2. The van der Waals surface area contributed by atoms with Crippen molar-refractivity contribution in [1.29, 1.82) is 0 Å². The first-order chi connectivity index (χ1) is 8.76. The van der Waals surface area contributed by atoms with Crippen molar-refractivity contribution >= 4 is 11.8 Å². The summed E-state index contributed by atoms with van der Waals surface area (Å²) in [5.41, 5.74) is 1.07. The number of hydrogen-bond acceptors (Lipinski definition) is 4. The molecule has 0 unspecified atom stereocenters. The van der Waals surface area contributed by atoms with E-state index in [1.165, 1.54) is 7.11 Å². The second kappa shape index (κ2) is 5.62. The molecule has 0 atom stereocenters. The van der Waals surface area contributed by atoms with Gasteiger partial charge in [-0.05, 0) is 12.1 Å². The number of piperazine rings is 1. The van der Waals surface area contributed by atoms with E-state index in [0.29, 0.717) is 13.1 Å². The zero-order chi connectivity index (χ0) is 13.0. The van der Waals surface area contributed by atoms with Gasteiger partial charge in [-0.2, -0.15) is 0 Å². The van der Waals surface area contributed by atoms with Crippen molar-refractivity contribution in [2.24, 2.45) is 0 Å². The van der Waals surface area contributed by atoms with E-state index in [4.69, 9.17) is 9.47 Å². The number of nitrogens with zero attached hydrogens (tertiary/aromatic N) is 2. The molecule has 1 aromatic rings. The van der Waals surface area contributed by atoms with E-state index in [1.807, 2.05) is 24.3 Å². The number of benzene rings is 1. The van der Waals surface area contributed by atoms with Crippen molar-refractivity contribution in [1.82, 2.24) is 4.90 Å². The summed E-state index contributed by atoms with van der Waals surface area (Å²) in [6.45, 7) is 2.92. The monoisotopic (exact) mass is 249 g/mol. The highest BCUT2D eigenvalue weighted by Crippen LogP contribution is 2.28. The Labute approximate surface area is 107 Å². The Balaban J connectivity index is 2.03. The third-order valence-electron chi connectivity index (χ3n) is 3.14. The van der Waals surface area contributed by atoms with Crippen LogP contribution in [0.1, 0.15) is 0 Å². The van der Waals surface area contributed by atoms with Crippen molar-refractivity contribution in [2.45, 2.75) is 0 Å². The summed E-state index contributed by atoms with van der Waals surface area (Å²) < 4.78 is 10.1. The average Bonchev–Trinajstić information content (AvgIpc) is 2.46. The van der Waals surface area contributed by atoms with E-state index in [2.05, 4.69) is 4.90 Å². The standard InChI is InChI=1S/C13H18N2O3/c1-17-12-6-4-3-5-11(12)14-7-9-15(10-8-14)13(16)18-2/h3-6H,7-10H2,1-2H3/i13-1. The molecule has 0 aromatic heterocycles. The molecule has 1 heterocycles. The maximum atomic E-state index is 11.4. The Morgan fingerprint density at radius 3 is 2.39 bits per heavy atom. The summed E-state index contributed by atoms with van der Waals surface area (Å²) in [5.74, 6) is 0.865. The number of hydrogen-bond donors (Lipinski definition) is 0. The molecule has 18 heavy (non-hydrogen) atoms. The maximum absolute atomic E-state index is 11.4. The highest BCUT2D eigenvalue weighted by Gasteiger charge is 2.22. The largest absolute Gasteiger partial charge is 0.495 e. The minimum atomic E-state index is -0.255. The van der Waals surface area contributed by atoms with Crippen LogP contribution in [0.25, 0.3) is 0 Å². The molecule has 98 valence electrons. The van der Waals surface area contributed by atoms with E-state index in [1.54, 1.807) is 12.0 Å². The molecular formula is C13H18N2O3. The van der Waals surface area contributed by atoms with Crippen LogP contribution >= 0.6 is 0 Å². The van der Waals surface area contributed by atoms with Gasteiger partial charge in [-0.3, -0.25) is 0 Å². The molecule has 1 aliphatic rings. The quantitative estimate of drug-likeness (QED) is 0.798. The summed E-state index contributed by atoms with van der Waals surface area (Å²) in [6.07, 6.45) is -0.255. The molecule has 1 aliphatic heterocycles. The van der Waals surface area contributed by atoms with E-state index in [9.17, 15) is 4.79 Å². The zero-order valence-electron chi connectivity index (χ0n) is 10.8. The van der Waals surface area contributed by atoms with Gasteiger partial charge in [0.25, 0.3) is 0 Å².